The van der Waals surface area contributed by atoms with Crippen LogP contribution in [0.4, 0.5) is 0 Å². The van der Waals surface area contributed by atoms with Gasteiger partial charge in [-0.05, 0) is 24.6 Å². The topological polar surface area (TPSA) is 70.2 Å². The molecule has 6 heteroatoms. The molecule has 2 saturated heterocycles. The summed E-state index contributed by atoms with van der Waals surface area (Å²) in [6.07, 6.45) is 2.40. The zero-order valence-electron chi connectivity index (χ0n) is 10.7. The van der Waals surface area contributed by atoms with Crippen molar-refractivity contribution in [3.8, 4) is 0 Å². The molecular formula is C14H14N2O3S. The third kappa shape index (κ3) is 1.54. The van der Waals surface area contributed by atoms with Gasteiger partial charge in [0.05, 0.1) is 11.0 Å². The Labute approximate surface area is 116 Å². The Balaban J connectivity index is 1.71. The number of H-pyrrole nitrogens is 1. The Morgan fingerprint density at radius 2 is 2.15 bits per heavy atom. The van der Waals surface area contributed by atoms with Gasteiger partial charge in [-0.25, -0.2) is 8.42 Å². The number of likely N-dealkylation sites (tertiary alicyclic amines) is 1. The smallest absolute Gasteiger partial charge is 0.254 e. The molecule has 1 N–H and O–H groups in total. The summed E-state index contributed by atoms with van der Waals surface area (Å²) >= 11 is 0. The second-order valence-corrected chi connectivity index (χ2v) is 7.87. The molecule has 1 amide bonds. The number of aromatic amines is 1. The van der Waals surface area contributed by atoms with E-state index in [9.17, 15) is 13.2 Å². The number of aromatic nitrogens is 1. The van der Waals surface area contributed by atoms with Crippen molar-refractivity contribution in [1.29, 1.82) is 0 Å². The first-order valence-corrected chi connectivity index (χ1v) is 8.36. The van der Waals surface area contributed by atoms with Crippen molar-refractivity contribution < 1.29 is 13.2 Å². The predicted octanol–water partition coefficient (Wildman–Crippen LogP) is 1.18. The van der Waals surface area contributed by atoms with Crippen molar-refractivity contribution in [2.75, 3.05) is 12.3 Å². The van der Waals surface area contributed by atoms with Gasteiger partial charge in [-0.15, -0.1) is 0 Å². The van der Waals surface area contributed by atoms with E-state index in [1.807, 2.05) is 24.4 Å². The number of benzene rings is 1. The number of carbonyl (C=O) groups is 1. The van der Waals surface area contributed by atoms with Crippen LogP contribution in [-0.4, -0.2) is 47.8 Å². The summed E-state index contributed by atoms with van der Waals surface area (Å²) < 4.78 is 23.5. The van der Waals surface area contributed by atoms with Crippen LogP contribution in [0.25, 0.3) is 10.9 Å². The van der Waals surface area contributed by atoms with Crippen LogP contribution in [0.1, 0.15) is 16.8 Å². The summed E-state index contributed by atoms with van der Waals surface area (Å²) in [6.45, 7) is 0.340. The van der Waals surface area contributed by atoms with Crippen molar-refractivity contribution in [2.24, 2.45) is 0 Å². The number of rotatable bonds is 1. The van der Waals surface area contributed by atoms with Gasteiger partial charge >= 0.3 is 0 Å². The number of amides is 1. The van der Waals surface area contributed by atoms with E-state index >= 15 is 0 Å². The van der Waals surface area contributed by atoms with Crippen LogP contribution in [0.3, 0.4) is 0 Å². The standard InChI is InChI=1S/C14H14N2O3S/c17-14(12-2-1-3-13-11(12)4-5-15-13)16-7-10-6-9(16)8-20(10,18)19/h1-5,9-10,15H,6-8H2/t9-,10+/m0/s1. The minimum atomic E-state index is -2.97. The molecule has 0 spiro atoms. The van der Waals surface area contributed by atoms with Gasteiger partial charge in [0.15, 0.2) is 9.84 Å². The van der Waals surface area contributed by atoms with Gasteiger partial charge < -0.3 is 9.88 Å². The molecule has 0 aliphatic carbocycles. The van der Waals surface area contributed by atoms with E-state index in [4.69, 9.17) is 0 Å². The van der Waals surface area contributed by atoms with Crippen LogP contribution >= 0.6 is 0 Å². The lowest BCUT2D eigenvalue weighted by Crippen LogP contribution is -2.44. The quantitative estimate of drug-likeness (QED) is 0.857. The van der Waals surface area contributed by atoms with Gasteiger partial charge in [0.25, 0.3) is 5.91 Å². The number of hydrogen-bond acceptors (Lipinski definition) is 3. The average molecular weight is 290 g/mol. The number of sulfone groups is 1. The molecule has 20 heavy (non-hydrogen) atoms. The summed E-state index contributed by atoms with van der Waals surface area (Å²) in [6, 6.07) is 7.31. The van der Waals surface area contributed by atoms with Gasteiger partial charge in [0.2, 0.25) is 0 Å². The fourth-order valence-corrected chi connectivity index (χ4v) is 5.40. The van der Waals surface area contributed by atoms with E-state index in [-0.39, 0.29) is 23.0 Å². The highest BCUT2D eigenvalue weighted by atomic mass is 32.2. The second kappa shape index (κ2) is 3.85. The molecule has 2 aliphatic heterocycles. The van der Waals surface area contributed by atoms with Crippen LogP contribution < -0.4 is 0 Å². The summed E-state index contributed by atoms with van der Waals surface area (Å²) in [7, 11) is -2.97. The molecule has 0 unspecified atom stereocenters. The first-order valence-electron chi connectivity index (χ1n) is 6.65. The first-order chi connectivity index (χ1) is 9.56. The van der Waals surface area contributed by atoms with Crippen LogP contribution in [0.2, 0.25) is 0 Å². The van der Waals surface area contributed by atoms with E-state index in [0.29, 0.717) is 18.5 Å². The third-order valence-corrected chi connectivity index (χ3v) is 6.60. The molecule has 2 bridgehead atoms. The molecule has 2 aromatic rings. The Morgan fingerprint density at radius 1 is 1.30 bits per heavy atom. The van der Waals surface area contributed by atoms with Gasteiger partial charge in [-0.1, -0.05) is 6.07 Å². The molecule has 104 valence electrons. The largest absolute Gasteiger partial charge is 0.361 e. The maximum atomic E-state index is 12.7. The molecule has 2 fully saturated rings. The van der Waals surface area contributed by atoms with E-state index < -0.39 is 9.84 Å². The lowest BCUT2D eigenvalue weighted by Gasteiger charge is -2.27. The minimum absolute atomic E-state index is 0.0578. The lowest BCUT2D eigenvalue weighted by molar-refractivity contribution is 0.0748. The monoisotopic (exact) mass is 290 g/mol. The molecule has 2 aliphatic rings. The van der Waals surface area contributed by atoms with E-state index in [0.717, 1.165) is 10.9 Å². The SMILES string of the molecule is O=C(c1cccc2[nH]ccc12)N1C[C@H]2C[C@H]1CS2(=O)=O. The molecule has 3 heterocycles. The highest BCUT2D eigenvalue weighted by Gasteiger charge is 2.50. The number of nitrogens with one attached hydrogen (secondary N) is 1. The van der Waals surface area contributed by atoms with Crippen molar-refractivity contribution in [3.05, 3.63) is 36.0 Å². The van der Waals surface area contributed by atoms with Crippen LogP contribution in [0.15, 0.2) is 30.5 Å². The second-order valence-electron chi connectivity index (χ2n) is 5.54. The van der Waals surface area contributed by atoms with Crippen LogP contribution in [0, 0.1) is 0 Å². The van der Waals surface area contributed by atoms with Crippen molar-refractivity contribution in [3.63, 3.8) is 0 Å². The van der Waals surface area contributed by atoms with E-state index in [1.165, 1.54) is 0 Å². The molecule has 1 aromatic heterocycles. The molecule has 0 saturated carbocycles. The molecule has 1 aromatic carbocycles. The zero-order chi connectivity index (χ0) is 13.9. The average Bonchev–Trinajstić information content (AvgIpc) is 3.08. The van der Waals surface area contributed by atoms with Crippen molar-refractivity contribution in [1.82, 2.24) is 9.88 Å². The Hall–Kier alpha value is -1.82. The fraction of sp³-hybridized carbons (Fsp3) is 0.357. The van der Waals surface area contributed by atoms with E-state index in [1.54, 1.807) is 11.0 Å². The number of carbonyl (C=O) groups excluding carboxylic acids is 1. The molecule has 0 radical (unpaired) electrons. The van der Waals surface area contributed by atoms with Crippen LogP contribution in [-0.2, 0) is 9.84 Å². The Bertz CT molecular complexity index is 809. The highest BCUT2D eigenvalue weighted by Crippen LogP contribution is 2.34. The summed E-state index contributed by atoms with van der Waals surface area (Å²) in [5.41, 5.74) is 1.57. The van der Waals surface area contributed by atoms with Crippen LogP contribution in [0.5, 0.6) is 0 Å². The van der Waals surface area contributed by atoms with Crippen molar-refractivity contribution in [2.45, 2.75) is 17.7 Å². The summed E-state index contributed by atoms with van der Waals surface area (Å²) in [5.74, 6) is 0.0598. The lowest BCUT2D eigenvalue weighted by atomic mass is 10.1. The molecule has 4 rings (SSSR count). The molecular weight excluding hydrogens is 276 g/mol. The maximum absolute atomic E-state index is 12.7. The highest BCUT2D eigenvalue weighted by molar-refractivity contribution is 7.92. The number of fused-ring (bicyclic) bond motifs is 3. The van der Waals surface area contributed by atoms with E-state index in [2.05, 4.69) is 4.98 Å². The maximum Gasteiger partial charge on any atom is 0.254 e. The normalized spacial score (nSPS) is 27.3. The fourth-order valence-electron chi connectivity index (χ4n) is 3.37. The third-order valence-electron chi connectivity index (χ3n) is 4.39. The molecule has 5 nitrogen and oxygen atoms in total. The van der Waals surface area contributed by atoms with Gasteiger partial charge in [-0.2, -0.15) is 0 Å². The summed E-state index contributed by atoms with van der Waals surface area (Å²) in [5, 5.41) is 0.532. The predicted molar refractivity (Wildman–Crippen MR) is 75.3 cm³/mol. The Kier molecular flexibility index (Phi) is 2.30. The zero-order valence-corrected chi connectivity index (χ0v) is 11.6. The van der Waals surface area contributed by atoms with Gasteiger partial charge in [-0.3, -0.25) is 4.79 Å². The number of nitrogens with zero attached hydrogens (tertiary/aromatic N) is 1. The molecule has 2 atom stereocenters. The number of hydrogen-bond donors (Lipinski definition) is 1. The summed E-state index contributed by atoms with van der Waals surface area (Å²) in [4.78, 5) is 17.5. The van der Waals surface area contributed by atoms with Gasteiger partial charge in [0, 0.05) is 35.2 Å². The van der Waals surface area contributed by atoms with Gasteiger partial charge in [0.1, 0.15) is 0 Å². The van der Waals surface area contributed by atoms with Crippen molar-refractivity contribution >= 4 is 26.6 Å². The Morgan fingerprint density at radius 3 is 2.85 bits per heavy atom. The first kappa shape index (κ1) is 12.0. The minimum Gasteiger partial charge on any atom is -0.361 e.